The Kier molecular flexibility index (Phi) is 3.66. The number of nitrogens with one attached hydrogen (secondary N) is 1. The first kappa shape index (κ1) is 11.7. The molecule has 0 amide bonds. The molecule has 0 saturated heterocycles. The monoisotopic (exact) mass is 299 g/mol. The van der Waals surface area contributed by atoms with Gasteiger partial charge in [-0.2, -0.15) is 0 Å². The minimum absolute atomic E-state index is 0.428. The van der Waals surface area contributed by atoms with Gasteiger partial charge in [0.25, 0.3) is 0 Å². The third kappa shape index (κ3) is 2.47. The Morgan fingerprint density at radius 3 is 3.00 bits per heavy atom. The lowest BCUT2D eigenvalue weighted by molar-refractivity contribution is 0.605. The zero-order chi connectivity index (χ0) is 11.5. The normalized spacial score (nSPS) is 11.0. The van der Waals surface area contributed by atoms with Gasteiger partial charge < -0.3 is 9.88 Å². The third-order valence-electron chi connectivity index (χ3n) is 2.32. The van der Waals surface area contributed by atoms with Crippen LogP contribution in [-0.4, -0.2) is 9.55 Å². The molecule has 0 bridgehead atoms. The van der Waals surface area contributed by atoms with E-state index in [1.807, 2.05) is 12.4 Å². The second kappa shape index (κ2) is 5.01. The van der Waals surface area contributed by atoms with Crippen LogP contribution < -0.4 is 5.32 Å². The maximum Gasteiger partial charge on any atom is 0.203 e. The zero-order valence-electron chi connectivity index (χ0n) is 9.27. The van der Waals surface area contributed by atoms with Gasteiger partial charge in [0.15, 0.2) is 0 Å². The Labute approximate surface area is 108 Å². The Morgan fingerprint density at radius 1 is 1.56 bits per heavy atom. The van der Waals surface area contributed by atoms with Gasteiger partial charge in [0.05, 0.1) is 6.54 Å². The predicted molar refractivity (Wildman–Crippen MR) is 72.0 cm³/mol. The summed E-state index contributed by atoms with van der Waals surface area (Å²) < 4.78 is 3.29. The summed E-state index contributed by atoms with van der Waals surface area (Å²) in [5.41, 5.74) is 0. The standard InChI is InChI=1S/C11H14BrN3S/c1-8(2)15-5-4-13-11(15)14-7-10-9(12)3-6-16-10/h3-6,8H,7H2,1-2H3,(H,13,14). The molecule has 0 aliphatic heterocycles. The molecule has 0 aliphatic carbocycles. The van der Waals surface area contributed by atoms with Crippen LogP contribution in [0.4, 0.5) is 5.95 Å². The van der Waals surface area contributed by atoms with Crippen LogP contribution in [0, 0.1) is 0 Å². The van der Waals surface area contributed by atoms with Crippen molar-refractivity contribution in [3.05, 3.63) is 33.2 Å². The lowest BCUT2D eigenvalue weighted by Crippen LogP contribution is -2.08. The average molecular weight is 300 g/mol. The van der Waals surface area contributed by atoms with E-state index in [1.165, 1.54) is 4.88 Å². The van der Waals surface area contributed by atoms with Crippen molar-refractivity contribution in [2.24, 2.45) is 0 Å². The van der Waals surface area contributed by atoms with Gasteiger partial charge in [-0.05, 0) is 41.2 Å². The molecular weight excluding hydrogens is 286 g/mol. The predicted octanol–water partition coefficient (Wildman–Crippen LogP) is 3.90. The Hall–Kier alpha value is -0.810. The fourth-order valence-electron chi connectivity index (χ4n) is 1.48. The minimum Gasteiger partial charge on any atom is -0.351 e. The number of rotatable bonds is 4. The second-order valence-corrected chi connectivity index (χ2v) is 5.65. The molecule has 3 nitrogen and oxygen atoms in total. The van der Waals surface area contributed by atoms with Gasteiger partial charge in [-0.3, -0.25) is 0 Å². The maximum absolute atomic E-state index is 4.31. The number of hydrogen-bond donors (Lipinski definition) is 1. The Balaban J connectivity index is 2.05. The van der Waals surface area contributed by atoms with Gasteiger partial charge >= 0.3 is 0 Å². The van der Waals surface area contributed by atoms with E-state index in [-0.39, 0.29) is 0 Å². The smallest absolute Gasteiger partial charge is 0.203 e. The van der Waals surface area contributed by atoms with E-state index in [0.29, 0.717) is 6.04 Å². The van der Waals surface area contributed by atoms with Gasteiger partial charge in [0.1, 0.15) is 0 Å². The molecule has 2 aromatic heterocycles. The summed E-state index contributed by atoms with van der Waals surface area (Å²) in [5, 5.41) is 5.43. The maximum atomic E-state index is 4.31. The molecule has 16 heavy (non-hydrogen) atoms. The lowest BCUT2D eigenvalue weighted by atomic mass is 10.4. The van der Waals surface area contributed by atoms with E-state index in [1.54, 1.807) is 11.3 Å². The SMILES string of the molecule is CC(C)n1ccnc1NCc1sccc1Br. The highest BCUT2D eigenvalue weighted by molar-refractivity contribution is 9.10. The Morgan fingerprint density at radius 2 is 2.38 bits per heavy atom. The molecule has 2 rings (SSSR count). The van der Waals surface area contributed by atoms with Crippen LogP contribution in [0.25, 0.3) is 0 Å². The molecular formula is C11H14BrN3S. The lowest BCUT2D eigenvalue weighted by Gasteiger charge is -2.12. The summed E-state index contributed by atoms with van der Waals surface area (Å²) in [7, 11) is 0. The van der Waals surface area contributed by atoms with E-state index in [9.17, 15) is 0 Å². The van der Waals surface area contributed by atoms with Crippen molar-refractivity contribution in [1.29, 1.82) is 0 Å². The van der Waals surface area contributed by atoms with Crippen LogP contribution in [0.2, 0.25) is 0 Å². The highest BCUT2D eigenvalue weighted by Crippen LogP contribution is 2.23. The third-order valence-corrected chi connectivity index (χ3v) is 4.25. The molecule has 86 valence electrons. The van der Waals surface area contributed by atoms with Crippen LogP contribution in [-0.2, 0) is 6.54 Å². The van der Waals surface area contributed by atoms with Gasteiger partial charge in [-0.1, -0.05) is 0 Å². The highest BCUT2D eigenvalue weighted by Gasteiger charge is 2.06. The summed E-state index contributed by atoms with van der Waals surface area (Å²) >= 11 is 5.26. The molecule has 0 aliphatic rings. The largest absolute Gasteiger partial charge is 0.351 e. The van der Waals surface area contributed by atoms with E-state index in [0.717, 1.165) is 17.0 Å². The van der Waals surface area contributed by atoms with E-state index < -0.39 is 0 Å². The van der Waals surface area contributed by atoms with E-state index >= 15 is 0 Å². The fraction of sp³-hybridized carbons (Fsp3) is 0.364. The van der Waals surface area contributed by atoms with Gasteiger partial charge in [0.2, 0.25) is 5.95 Å². The summed E-state index contributed by atoms with van der Waals surface area (Å²) in [6.45, 7) is 5.10. The molecule has 0 unspecified atom stereocenters. The Bertz CT molecular complexity index is 461. The van der Waals surface area contributed by atoms with Gasteiger partial charge in [0, 0.05) is 27.8 Å². The van der Waals surface area contributed by atoms with Crippen LogP contribution in [0.1, 0.15) is 24.8 Å². The van der Waals surface area contributed by atoms with Crippen molar-refractivity contribution in [3.63, 3.8) is 0 Å². The zero-order valence-corrected chi connectivity index (χ0v) is 11.7. The van der Waals surface area contributed by atoms with Crippen LogP contribution in [0.5, 0.6) is 0 Å². The van der Waals surface area contributed by atoms with E-state index in [4.69, 9.17) is 0 Å². The molecule has 2 aromatic rings. The molecule has 0 saturated carbocycles. The van der Waals surface area contributed by atoms with Crippen LogP contribution in [0.15, 0.2) is 28.3 Å². The number of nitrogens with zero attached hydrogens (tertiary/aromatic N) is 2. The number of thiophene rings is 1. The van der Waals surface area contributed by atoms with Crippen LogP contribution in [0.3, 0.4) is 0 Å². The van der Waals surface area contributed by atoms with Crippen molar-refractivity contribution in [2.45, 2.75) is 26.4 Å². The van der Waals surface area contributed by atoms with Crippen molar-refractivity contribution < 1.29 is 0 Å². The summed E-state index contributed by atoms with van der Waals surface area (Å²) in [6, 6.07) is 2.49. The van der Waals surface area contributed by atoms with E-state index in [2.05, 4.69) is 56.1 Å². The van der Waals surface area contributed by atoms with Crippen LogP contribution >= 0.6 is 27.3 Å². The first-order valence-electron chi connectivity index (χ1n) is 5.17. The molecule has 1 N–H and O–H groups in total. The summed E-state index contributed by atoms with van der Waals surface area (Å²) in [6.07, 6.45) is 3.82. The topological polar surface area (TPSA) is 29.9 Å². The molecule has 0 atom stereocenters. The summed E-state index contributed by atoms with van der Waals surface area (Å²) in [5.74, 6) is 0.926. The van der Waals surface area contributed by atoms with Crippen molar-refractivity contribution >= 4 is 33.2 Å². The number of aromatic nitrogens is 2. The number of hydrogen-bond acceptors (Lipinski definition) is 3. The van der Waals surface area contributed by atoms with Crippen molar-refractivity contribution in [2.75, 3.05) is 5.32 Å². The quantitative estimate of drug-likeness (QED) is 0.928. The fourth-order valence-corrected chi connectivity index (χ4v) is 2.91. The van der Waals surface area contributed by atoms with Crippen molar-refractivity contribution in [3.8, 4) is 0 Å². The first-order valence-corrected chi connectivity index (χ1v) is 6.84. The summed E-state index contributed by atoms with van der Waals surface area (Å²) in [4.78, 5) is 5.60. The molecule has 0 aromatic carbocycles. The average Bonchev–Trinajstić information content (AvgIpc) is 2.83. The molecule has 0 fully saturated rings. The second-order valence-electron chi connectivity index (χ2n) is 3.80. The molecule has 0 radical (unpaired) electrons. The molecule has 2 heterocycles. The molecule has 0 spiro atoms. The van der Waals surface area contributed by atoms with Gasteiger partial charge in [-0.25, -0.2) is 4.98 Å². The minimum atomic E-state index is 0.428. The van der Waals surface area contributed by atoms with Gasteiger partial charge in [-0.15, -0.1) is 11.3 Å². The number of halogens is 1. The first-order chi connectivity index (χ1) is 7.68. The number of imidazole rings is 1. The molecule has 5 heteroatoms. The highest BCUT2D eigenvalue weighted by atomic mass is 79.9. The van der Waals surface area contributed by atoms with Crippen molar-refractivity contribution in [1.82, 2.24) is 9.55 Å². The number of anilines is 1.